The summed E-state index contributed by atoms with van der Waals surface area (Å²) in [4.78, 5) is 0. The van der Waals surface area contributed by atoms with Gasteiger partial charge in [-0.2, -0.15) is 0 Å². The molecule has 2 N–H and O–H groups in total. The van der Waals surface area contributed by atoms with E-state index in [2.05, 4.69) is 46.7 Å². The highest BCUT2D eigenvalue weighted by Crippen LogP contribution is 2.41. The molecule has 0 aliphatic heterocycles. The van der Waals surface area contributed by atoms with E-state index in [-0.39, 0.29) is 11.3 Å². The molecule has 2 unspecified atom stereocenters. The molecule has 1 aliphatic carbocycles. The number of nitrogens with two attached hydrogens (primary N) is 1. The Morgan fingerprint density at radius 3 is 2.60 bits per heavy atom. The molecule has 1 aliphatic rings. The first-order valence-electron chi connectivity index (χ1n) is 6.92. The summed E-state index contributed by atoms with van der Waals surface area (Å²) in [5.41, 5.74) is 8.64. The zero-order valence-corrected chi connectivity index (χ0v) is 12.5. The molecule has 0 amide bonds. The highest BCUT2D eigenvalue weighted by molar-refractivity contribution is 7.99. The lowest BCUT2D eigenvalue weighted by atomic mass is 10.1. The molecule has 1 saturated carbocycles. The molecule has 0 saturated heterocycles. The van der Waals surface area contributed by atoms with E-state index in [0.29, 0.717) is 6.04 Å². The lowest BCUT2D eigenvalue weighted by Gasteiger charge is -2.20. The van der Waals surface area contributed by atoms with Gasteiger partial charge in [0.15, 0.2) is 0 Å². The Balaban J connectivity index is 1.83. The predicted molar refractivity (Wildman–Crippen MR) is 79.5 cm³/mol. The fourth-order valence-corrected chi connectivity index (χ4v) is 3.27. The summed E-state index contributed by atoms with van der Waals surface area (Å²) in [7, 11) is 0. The molecular formula is C14H19N5S. The van der Waals surface area contributed by atoms with E-state index in [1.165, 1.54) is 24.0 Å². The largest absolute Gasteiger partial charge is 0.327 e. The van der Waals surface area contributed by atoms with Gasteiger partial charge in [0, 0.05) is 6.04 Å². The number of nitrogens with zero attached hydrogens (tertiary/aromatic N) is 4. The first-order valence-corrected chi connectivity index (χ1v) is 7.80. The van der Waals surface area contributed by atoms with Crippen molar-refractivity contribution in [2.75, 3.05) is 0 Å². The fourth-order valence-electron chi connectivity index (χ4n) is 2.16. The topological polar surface area (TPSA) is 69.6 Å². The monoisotopic (exact) mass is 289 g/mol. The molecule has 2 aromatic rings. The van der Waals surface area contributed by atoms with E-state index in [9.17, 15) is 0 Å². The van der Waals surface area contributed by atoms with Gasteiger partial charge in [0.1, 0.15) is 0 Å². The van der Waals surface area contributed by atoms with Gasteiger partial charge in [-0.3, -0.25) is 0 Å². The minimum Gasteiger partial charge on any atom is -0.327 e. The molecule has 1 aromatic heterocycles. The molecule has 0 radical (unpaired) electrons. The number of hydrogen-bond acceptors (Lipinski definition) is 5. The van der Waals surface area contributed by atoms with Crippen molar-refractivity contribution in [1.82, 2.24) is 20.2 Å². The van der Waals surface area contributed by atoms with Crippen molar-refractivity contribution in [3.05, 3.63) is 35.4 Å². The quantitative estimate of drug-likeness (QED) is 0.856. The van der Waals surface area contributed by atoms with Crippen molar-refractivity contribution in [2.45, 2.75) is 49.2 Å². The third-order valence-corrected chi connectivity index (χ3v) is 4.91. The first-order chi connectivity index (χ1) is 9.65. The zero-order valence-electron chi connectivity index (χ0n) is 11.7. The molecule has 106 valence electrons. The van der Waals surface area contributed by atoms with Gasteiger partial charge in [-0.1, -0.05) is 41.6 Å². The Bertz CT molecular complexity index is 574. The number of thioether (sulfide) groups is 1. The second-order valence-electron chi connectivity index (χ2n) is 5.45. The fraction of sp³-hybridized carbons (Fsp3) is 0.500. The Hall–Kier alpha value is -1.40. The first kappa shape index (κ1) is 13.6. The number of rotatable bonds is 5. The van der Waals surface area contributed by atoms with Gasteiger partial charge in [-0.05, 0) is 42.7 Å². The van der Waals surface area contributed by atoms with Crippen LogP contribution in [0.1, 0.15) is 42.2 Å². The average Bonchev–Trinajstić information content (AvgIpc) is 3.16. The summed E-state index contributed by atoms with van der Waals surface area (Å²) in [6, 6.07) is 9.04. The average molecular weight is 289 g/mol. The second-order valence-corrected chi connectivity index (χ2v) is 6.55. The summed E-state index contributed by atoms with van der Waals surface area (Å²) < 4.78 is 1.94. The molecule has 0 spiro atoms. The lowest BCUT2D eigenvalue weighted by molar-refractivity contribution is 0.563. The summed E-state index contributed by atoms with van der Waals surface area (Å²) in [6.45, 7) is 4.12. The van der Waals surface area contributed by atoms with Crippen LogP contribution < -0.4 is 5.73 Å². The van der Waals surface area contributed by atoms with E-state index >= 15 is 0 Å². The Morgan fingerprint density at radius 2 is 2.00 bits per heavy atom. The van der Waals surface area contributed by atoms with Crippen molar-refractivity contribution < 1.29 is 0 Å². The number of aromatic nitrogens is 4. The lowest BCUT2D eigenvalue weighted by Crippen LogP contribution is -2.23. The van der Waals surface area contributed by atoms with Crippen LogP contribution in [0, 0.1) is 6.92 Å². The van der Waals surface area contributed by atoms with Crippen molar-refractivity contribution in [1.29, 1.82) is 0 Å². The van der Waals surface area contributed by atoms with Gasteiger partial charge < -0.3 is 5.73 Å². The van der Waals surface area contributed by atoms with Gasteiger partial charge in [-0.25, -0.2) is 4.68 Å². The molecule has 3 rings (SSSR count). The third kappa shape index (κ3) is 2.86. The van der Waals surface area contributed by atoms with E-state index in [4.69, 9.17) is 5.73 Å². The predicted octanol–water partition coefficient (Wildman–Crippen LogP) is 2.50. The van der Waals surface area contributed by atoms with Crippen LogP contribution in [0.4, 0.5) is 0 Å². The highest BCUT2D eigenvalue weighted by Gasteiger charge is 2.30. The Labute approximate surface area is 122 Å². The van der Waals surface area contributed by atoms with Gasteiger partial charge >= 0.3 is 0 Å². The van der Waals surface area contributed by atoms with Gasteiger partial charge in [0.25, 0.3) is 0 Å². The van der Waals surface area contributed by atoms with Crippen molar-refractivity contribution in [3.8, 4) is 0 Å². The van der Waals surface area contributed by atoms with Gasteiger partial charge in [-0.15, -0.1) is 5.10 Å². The maximum Gasteiger partial charge on any atom is 0.210 e. The van der Waals surface area contributed by atoms with Crippen LogP contribution in [0.25, 0.3) is 0 Å². The van der Waals surface area contributed by atoms with Crippen LogP contribution in [0.15, 0.2) is 29.4 Å². The molecular weight excluding hydrogens is 270 g/mol. The SMILES string of the molecule is Cc1ccc(C(Sc2nnnn2C2CC2)C(C)N)cc1. The van der Waals surface area contributed by atoms with Gasteiger partial charge in [0.05, 0.1) is 11.3 Å². The maximum atomic E-state index is 6.17. The minimum absolute atomic E-state index is 0.0343. The van der Waals surface area contributed by atoms with Crippen LogP contribution in [0.2, 0.25) is 0 Å². The molecule has 20 heavy (non-hydrogen) atoms. The molecule has 1 fully saturated rings. The van der Waals surface area contributed by atoms with E-state index in [1.54, 1.807) is 11.8 Å². The van der Waals surface area contributed by atoms with Crippen molar-refractivity contribution >= 4 is 11.8 Å². The van der Waals surface area contributed by atoms with Crippen LogP contribution in [-0.2, 0) is 0 Å². The Kier molecular flexibility index (Phi) is 3.76. The standard InChI is InChI=1S/C14H19N5S/c1-9-3-5-11(6-4-9)13(10(2)15)20-14-16-17-18-19(14)12-7-8-12/h3-6,10,12-13H,7-8,15H2,1-2H3. The number of hydrogen-bond donors (Lipinski definition) is 1. The molecule has 6 heteroatoms. The number of tetrazole rings is 1. The maximum absolute atomic E-state index is 6.17. The van der Waals surface area contributed by atoms with Crippen molar-refractivity contribution in [2.24, 2.45) is 5.73 Å². The normalized spacial score (nSPS) is 17.9. The number of aryl methyl sites for hydroxylation is 1. The number of benzene rings is 1. The van der Waals surface area contributed by atoms with E-state index < -0.39 is 0 Å². The van der Waals surface area contributed by atoms with Crippen LogP contribution in [0.3, 0.4) is 0 Å². The van der Waals surface area contributed by atoms with Gasteiger partial charge in [0.2, 0.25) is 5.16 Å². The third-order valence-electron chi connectivity index (χ3n) is 3.47. The van der Waals surface area contributed by atoms with Crippen LogP contribution in [-0.4, -0.2) is 26.2 Å². The van der Waals surface area contributed by atoms with Crippen LogP contribution >= 0.6 is 11.8 Å². The molecule has 5 nitrogen and oxygen atoms in total. The summed E-state index contributed by atoms with van der Waals surface area (Å²) in [6.07, 6.45) is 2.35. The smallest absolute Gasteiger partial charge is 0.210 e. The van der Waals surface area contributed by atoms with Crippen LogP contribution in [0.5, 0.6) is 0 Å². The molecule has 1 heterocycles. The summed E-state index contributed by atoms with van der Waals surface area (Å²) in [5, 5.41) is 13.1. The highest BCUT2D eigenvalue weighted by atomic mass is 32.2. The molecule has 0 bridgehead atoms. The minimum atomic E-state index is 0.0343. The zero-order chi connectivity index (χ0) is 14.1. The second kappa shape index (κ2) is 5.54. The van der Waals surface area contributed by atoms with E-state index in [1.807, 2.05) is 11.6 Å². The summed E-state index contributed by atoms with van der Waals surface area (Å²) >= 11 is 1.66. The molecule has 2 atom stereocenters. The Morgan fingerprint density at radius 1 is 1.30 bits per heavy atom. The van der Waals surface area contributed by atoms with E-state index in [0.717, 1.165) is 5.16 Å². The molecule has 1 aromatic carbocycles. The summed E-state index contributed by atoms with van der Waals surface area (Å²) in [5.74, 6) is 0. The van der Waals surface area contributed by atoms with Crippen molar-refractivity contribution in [3.63, 3.8) is 0 Å².